The van der Waals surface area contributed by atoms with Crippen molar-refractivity contribution in [2.75, 3.05) is 12.4 Å². The molecule has 0 fully saturated rings. The normalized spacial score (nSPS) is 11.1. The molecule has 3 N–H and O–H groups in total. The molecular formula is C12H14Br2N2O3. The van der Waals surface area contributed by atoms with Crippen molar-refractivity contribution in [3.05, 3.63) is 26.6 Å². The monoisotopic (exact) mass is 392 g/mol. The maximum absolute atomic E-state index is 11.9. The largest absolute Gasteiger partial charge is 0.465 e. The molecule has 0 spiro atoms. The van der Waals surface area contributed by atoms with Gasteiger partial charge in [0, 0.05) is 8.95 Å². The number of nitrogens with one attached hydrogen (secondary N) is 1. The van der Waals surface area contributed by atoms with Crippen LogP contribution in [0, 0.1) is 0 Å². The van der Waals surface area contributed by atoms with Gasteiger partial charge in [-0.2, -0.15) is 0 Å². The second-order valence-corrected chi connectivity index (χ2v) is 6.25. The van der Waals surface area contributed by atoms with Gasteiger partial charge in [0.25, 0.3) is 0 Å². The van der Waals surface area contributed by atoms with E-state index in [-0.39, 0.29) is 5.56 Å². The molecule has 0 saturated carbocycles. The van der Waals surface area contributed by atoms with Crippen LogP contribution in [0.3, 0.4) is 0 Å². The predicted molar refractivity (Wildman–Crippen MR) is 80.1 cm³/mol. The number of ether oxygens (including phenoxy) is 1. The highest BCUT2D eigenvalue weighted by atomic mass is 79.9. The van der Waals surface area contributed by atoms with Crippen molar-refractivity contribution in [1.29, 1.82) is 0 Å². The molecule has 0 saturated heterocycles. The van der Waals surface area contributed by atoms with E-state index >= 15 is 0 Å². The first-order valence-corrected chi connectivity index (χ1v) is 6.93. The first-order chi connectivity index (χ1) is 8.66. The molecule has 0 aliphatic rings. The molecule has 0 atom stereocenters. The summed E-state index contributed by atoms with van der Waals surface area (Å²) in [4.78, 5) is 23.6. The van der Waals surface area contributed by atoms with Gasteiger partial charge in [0.1, 0.15) is 0 Å². The Balaban J connectivity index is 3.26. The highest BCUT2D eigenvalue weighted by Crippen LogP contribution is 2.31. The number of rotatable bonds is 3. The molecule has 0 radical (unpaired) electrons. The summed E-state index contributed by atoms with van der Waals surface area (Å²) in [5.74, 6) is -0.951. The molecule has 7 heteroatoms. The number of carbonyl (C=O) groups is 2. The van der Waals surface area contributed by atoms with Crippen molar-refractivity contribution >= 4 is 49.4 Å². The maximum Gasteiger partial charge on any atom is 0.340 e. The van der Waals surface area contributed by atoms with Gasteiger partial charge >= 0.3 is 5.97 Å². The molecule has 1 rings (SSSR count). The fourth-order valence-electron chi connectivity index (χ4n) is 1.25. The molecule has 104 valence electrons. The minimum atomic E-state index is -1.06. The van der Waals surface area contributed by atoms with Crippen molar-refractivity contribution in [3.8, 4) is 0 Å². The van der Waals surface area contributed by atoms with Crippen LogP contribution in [0.25, 0.3) is 0 Å². The Morgan fingerprint density at radius 1 is 1.32 bits per heavy atom. The zero-order chi connectivity index (χ0) is 14.8. The van der Waals surface area contributed by atoms with Crippen molar-refractivity contribution in [1.82, 2.24) is 0 Å². The highest BCUT2D eigenvalue weighted by molar-refractivity contribution is 9.11. The van der Waals surface area contributed by atoms with Gasteiger partial charge in [0.15, 0.2) is 0 Å². The van der Waals surface area contributed by atoms with Gasteiger partial charge in [-0.05, 0) is 41.9 Å². The van der Waals surface area contributed by atoms with E-state index in [9.17, 15) is 9.59 Å². The summed E-state index contributed by atoms with van der Waals surface area (Å²) in [6, 6.07) is 3.28. The van der Waals surface area contributed by atoms with E-state index in [0.29, 0.717) is 14.6 Å². The number of nitrogens with two attached hydrogens (primary N) is 1. The third kappa shape index (κ3) is 4.02. The van der Waals surface area contributed by atoms with E-state index in [1.54, 1.807) is 26.0 Å². The van der Waals surface area contributed by atoms with Gasteiger partial charge in [-0.25, -0.2) is 4.79 Å². The molecule has 0 aliphatic heterocycles. The number of carbonyl (C=O) groups excluding carboxylic acids is 2. The fourth-order valence-corrected chi connectivity index (χ4v) is 2.57. The maximum atomic E-state index is 11.9. The van der Waals surface area contributed by atoms with Crippen LogP contribution in [0.2, 0.25) is 0 Å². The minimum Gasteiger partial charge on any atom is -0.465 e. The van der Waals surface area contributed by atoms with E-state index in [4.69, 9.17) is 10.5 Å². The first-order valence-electron chi connectivity index (χ1n) is 5.34. The number of methoxy groups -OCH3 is 1. The van der Waals surface area contributed by atoms with Crippen molar-refractivity contribution in [2.24, 2.45) is 5.73 Å². The van der Waals surface area contributed by atoms with Crippen LogP contribution >= 0.6 is 31.9 Å². The van der Waals surface area contributed by atoms with Crippen molar-refractivity contribution in [2.45, 2.75) is 19.4 Å². The standard InChI is InChI=1S/C12H14Br2N2O3/c1-12(2,15)11(18)16-9-7(10(17)19-3)4-6(13)5-8(9)14/h4-5H,15H2,1-3H3,(H,16,18). The van der Waals surface area contributed by atoms with E-state index in [1.807, 2.05) is 0 Å². The molecule has 0 bridgehead atoms. The Bertz CT molecular complexity index is 524. The highest BCUT2D eigenvalue weighted by Gasteiger charge is 2.25. The van der Waals surface area contributed by atoms with Crippen LogP contribution in [0.5, 0.6) is 0 Å². The van der Waals surface area contributed by atoms with Crippen molar-refractivity contribution < 1.29 is 14.3 Å². The van der Waals surface area contributed by atoms with E-state index < -0.39 is 17.4 Å². The Morgan fingerprint density at radius 3 is 2.37 bits per heavy atom. The quantitative estimate of drug-likeness (QED) is 0.773. The van der Waals surface area contributed by atoms with Gasteiger partial charge in [-0.15, -0.1) is 0 Å². The van der Waals surface area contributed by atoms with Gasteiger partial charge in [0.05, 0.1) is 23.9 Å². The predicted octanol–water partition coefficient (Wildman–Crippen LogP) is 2.67. The molecule has 5 nitrogen and oxygen atoms in total. The molecule has 1 amide bonds. The fraction of sp³-hybridized carbons (Fsp3) is 0.333. The SMILES string of the molecule is COC(=O)c1cc(Br)cc(Br)c1NC(=O)C(C)(C)N. The van der Waals surface area contributed by atoms with Gasteiger partial charge < -0.3 is 15.8 Å². The summed E-state index contributed by atoms with van der Waals surface area (Å²) >= 11 is 6.57. The second-order valence-electron chi connectivity index (χ2n) is 4.48. The Hall–Kier alpha value is -0.920. The van der Waals surface area contributed by atoms with E-state index in [2.05, 4.69) is 37.2 Å². The van der Waals surface area contributed by atoms with Gasteiger partial charge in [0.2, 0.25) is 5.91 Å². The van der Waals surface area contributed by atoms with Crippen LogP contribution in [0.4, 0.5) is 5.69 Å². The number of halogens is 2. The van der Waals surface area contributed by atoms with Crippen LogP contribution in [0.15, 0.2) is 21.1 Å². The third-order valence-corrected chi connectivity index (χ3v) is 3.37. The van der Waals surface area contributed by atoms with E-state index in [1.165, 1.54) is 7.11 Å². The molecule has 1 aromatic carbocycles. The molecule has 0 heterocycles. The number of benzene rings is 1. The molecular weight excluding hydrogens is 380 g/mol. The molecule has 0 aliphatic carbocycles. The lowest BCUT2D eigenvalue weighted by Crippen LogP contribution is -2.45. The topological polar surface area (TPSA) is 81.4 Å². The van der Waals surface area contributed by atoms with Gasteiger partial charge in [-0.3, -0.25) is 4.79 Å². The van der Waals surface area contributed by atoms with E-state index in [0.717, 1.165) is 0 Å². The molecule has 0 unspecified atom stereocenters. The van der Waals surface area contributed by atoms with Crippen molar-refractivity contribution in [3.63, 3.8) is 0 Å². The average Bonchev–Trinajstić information content (AvgIpc) is 2.29. The number of hydrogen-bond acceptors (Lipinski definition) is 4. The summed E-state index contributed by atoms with van der Waals surface area (Å²) in [7, 11) is 1.27. The summed E-state index contributed by atoms with van der Waals surface area (Å²) in [5, 5.41) is 2.63. The Morgan fingerprint density at radius 2 is 1.89 bits per heavy atom. The summed E-state index contributed by atoms with van der Waals surface area (Å²) in [6.07, 6.45) is 0. The lowest BCUT2D eigenvalue weighted by Gasteiger charge is -2.20. The number of amides is 1. The van der Waals surface area contributed by atoms with Crippen LogP contribution < -0.4 is 11.1 Å². The third-order valence-electron chi connectivity index (χ3n) is 2.28. The minimum absolute atomic E-state index is 0.237. The second kappa shape index (κ2) is 6.02. The smallest absolute Gasteiger partial charge is 0.340 e. The van der Waals surface area contributed by atoms with Gasteiger partial charge in [-0.1, -0.05) is 15.9 Å². The van der Waals surface area contributed by atoms with Crippen LogP contribution in [-0.4, -0.2) is 24.5 Å². The Kier molecular flexibility index (Phi) is 5.11. The van der Waals surface area contributed by atoms with Crippen LogP contribution in [-0.2, 0) is 9.53 Å². The molecule has 0 aromatic heterocycles. The summed E-state index contributed by atoms with van der Waals surface area (Å²) in [5.41, 5.74) is 5.23. The zero-order valence-electron chi connectivity index (χ0n) is 10.7. The lowest BCUT2D eigenvalue weighted by molar-refractivity contribution is -0.120. The first kappa shape index (κ1) is 16.1. The molecule has 1 aromatic rings. The number of hydrogen-bond donors (Lipinski definition) is 2. The summed E-state index contributed by atoms with van der Waals surface area (Å²) in [6.45, 7) is 3.15. The molecule has 19 heavy (non-hydrogen) atoms. The Labute approximate surface area is 128 Å². The zero-order valence-corrected chi connectivity index (χ0v) is 13.9. The van der Waals surface area contributed by atoms with Crippen LogP contribution in [0.1, 0.15) is 24.2 Å². The lowest BCUT2D eigenvalue weighted by atomic mass is 10.1. The number of esters is 1. The average molecular weight is 394 g/mol. The summed E-state index contributed by atoms with van der Waals surface area (Å²) < 4.78 is 5.93. The number of anilines is 1.